The molecule has 78 valence electrons. The highest BCUT2D eigenvalue weighted by atomic mass is 127. The molecule has 0 aliphatic rings. The third-order valence-corrected chi connectivity index (χ3v) is 1.97. The summed E-state index contributed by atoms with van der Waals surface area (Å²) in [7, 11) is 0. The zero-order chi connectivity index (χ0) is 10.1. The summed E-state index contributed by atoms with van der Waals surface area (Å²) in [6.45, 7) is 2.31. The lowest BCUT2D eigenvalue weighted by Gasteiger charge is -2.08. The smallest absolute Gasteiger partial charge is 0.311 e. The summed E-state index contributed by atoms with van der Waals surface area (Å²) in [4.78, 5) is 10.7. The molecule has 5 heteroatoms. The van der Waals surface area contributed by atoms with Gasteiger partial charge in [-0.3, -0.25) is 4.79 Å². The van der Waals surface area contributed by atoms with E-state index in [4.69, 9.17) is 4.74 Å². The quantitative estimate of drug-likeness (QED) is 0.313. The molecule has 0 aromatic heterocycles. The number of ether oxygens (including phenoxy) is 2. The lowest BCUT2D eigenvalue weighted by molar-refractivity contribution is -0.150. The lowest BCUT2D eigenvalue weighted by Crippen LogP contribution is -2.15. The monoisotopic (exact) mass is 304 g/mol. The second-order valence-corrected chi connectivity index (χ2v) is 3.41. The number of hydrogen-bond donors (Lipinski definition) is 0. The van der Waals surface area contributed by atoms with Gasteiger partial charge in [0.05, 0.1) is 13.2 Å². The second kappa shape index (κ2) is 8.68. The Kier molecular flexibility index (Phi) is 8.74. The van der Waals surface area contributed by atoms with Gasteiger partial charge in [0, 0.05) is 4.43 Å². The highest BCUT2D eigenvalue weighted by Crippen LogP contribution is 2.03. The standard InChI is InChI=1S/C8H14FIO3/c1-2-12-8(11)6-7(9)13-5-3-4-10/h7H,2-6H2,1H3. The van der Waals surface area contributed by atoms with Crippen LogP contribution in [0, 0.1) is 0 Å². The van der Waals surface area contributed by atoms with Crippen LogP contribution in [0.3, 0.4) is 0 Å². The van der Waals surface area contributed by atoms with Gasteiger partial charge in [-0.05, 0) is 13.3 Å². The van der Waals surface area contributed by atoms with Gasteiger partial charge in [0.2, 0.25) is 6.36 Å². The van der Waals surface area contributed by atoms with Gasteiger partial charge in [-0.1, -0.05) is 22.6 Å². The minimum atomic E-state index is -1.53. The number of carbonyl (C=O) groups is 1. The van der Waals surface area contributed by atoms with E-state index < -0.39 is 12.3 Å². The number of alkyl halides is 2. The molecule has 0 aliphatic heterocycles. The fraction of sp³-hybridized carbons (Fsp3) is 0.875. The summed E-state index contributed by atoms with van der Waals surface area (Å²) < 4.78 is 23.0. The van der Waals surface area contributed by atoms with Crippen LogP contribution in [0.25, 0.3) is 0 Å². The molecule has 0 aliphatic carbocycles. The molecule has 0 rings (SSSR count). The van der Waals surface area contributed by atoms with Gasteiger partial charge >= 0.3 is 5.97 Å². The Morgan fingerprint density at radius 1 is 1.62 bits per heavy atom. The molecule has 0 aromatic rings. The first-order chi connectivity index (χ1) is 6.20. The van der Waals surface area contributed by atoms with Crippen molar-refractivity contribution in [3.63, 3.8) is 0 Å². The lowest BCUT2D eigenvalue weighted by atomic mass is 10.4. The van der Waals surface area contributed by atoms with E-state index in [1.807, 2.05) is 0 Å². The molecule has 13 heavy (non-hydrogen) atoms. The summed E-state index contributed by atoms with van der Waals surface area (Å²) in [5, 5.41) is 0. The molecular formula is C8H14FIO3. The Labute approximate surface area is 91.1 Å². The molecule has 0 radical (unpaired) electrons. The van der Waals surface area contributed by atoms with Crippen LogP contribution in [-0.2, 0) is 14.3 Å². The summed E-state index contributed by atoms with van der Waals surface area (Å²) in [5.41, 5.74) is 0. The summed E-state index contributed by atoms with van der Waals surface area (Å²) in [6, 6.07) is 0. The minimum Gasteiger partial charge on any atom is -0.466 e. The maximum Gasteiger partial charge on any atom is 0.311 e. The maximum atomic E-state index is 12.8. The zero-order valence-corrected chi connectivity index (χ0v) is 9.75. The van der Waals surface area contributed by atoms with Crippen molar-refractivity contribution >= 4 is 28.6 Å². The molecular weight excluding hydrogens is 290 g/mol. The molecule has 1 unspecified atom stereocenters. The van der Waals surface area contributed by atoms with Gasteiger partial charge in [-0.15, -0.1) is 0 Å². The molecule has 0 aromatic carbocycles. The normalized spacial score (nSPS) is 12.5. The Balaban J connectivity index is 3.38. The molecule has 0 saturated heterocycles. The van der Waals surface area contributed by atoms with E-state index in [1.54, 1.807) is 6.92 Å². The van der Waals surface area contributed by atoms with Crippen LogP contribution >= 0.6 is 22.6 Å². The number of hydrogen-bond acceptors (Lipinski definition) is 3. The topological polar surface area (TPSA) is 35.5 Å². The van der Waals surface area contributed by atoms with Crippen LogP contribution < -0.4 is 0 Å². The molecule has 0 bridgehead atoms. The van der Waals surface area contributed by atoms with Crippen molar-refractivity contribution in [1.29, 1.82) is 0 Å². The van der Waals surface area contributed by atoms with Crippen molar-refractivity contribution in [3.05, 3.63) is 0 Å². The van der Waals surface area contributed by atoms with E-state index in [2.05, 4.69) is 27.3 Å². The summed E-state index contributed by atoms with van der Waals surface area (Å²) >= 11 is 2.18. The van der Waals surface area contributed by atoms with E-state index in [0.717, 1.165) is 10.8 Å². The fourth-order valence-corrected chi connectivity index (χ4v) is 0.987. The van der Waals surface area contributed by atoms with Gasteiger partial charge in [-0.25, -0.2) is 4.39 Å². The highest BCUT2D eigenvalue weighted by Gasteiger charge is 2.12. The van der Waals surface area contributed by atoms with Crippen molar-refractivity contribution in [2.75, 3.05) is 17.6 Å². The van der Waals surface area contributed by atoms with E-state index in [9.17, 15) is 9.18 Å². The molecule has 0 fully saturated rings. The Hall–Kier alpha value is 0.0900. The van der Waals surface area contributed by atoms with Crippen LogP contribution in [0.1, 0.15) is 19.8 Å². The Morgan fingerprint density at radius 2 is 2.31 bits per heavy atom. The third kappa shape index (κ3) is 8.42. The van der Waals surface area contributed by atoms with E-state index in [-0.39, 0.29) is 13.0 Å². The van der Waals surface area contributed by atoms with Crippen molar-refractivity contribution < 1.29 is 18.7 Å². The van der Waals surface area contributed by atoms with Crippen LogP contribution in [0.2, 0.25) is 0 Å². The van der Waals surface area contributed by atoms with Gasteiger partial charge < -0.3 is 9.47 Å². The molecule has 0 N–H and O–H groups in total. The third-order valence-electron chi connectivity index (χ3n) is 1.21. The average molecular weight is 304 g/mol. The molecule has 3 nitrogen and oxygen atoms in total. The SMILES string of the molecule is CCOC(=O)CC(F)OCCCI. The molecule has 0 saturated carbocycles. The average Bonchev–Trinajstić information content (AvgIpc) is 2.05. The predicted molar refractivity (Wildman–Crippen MR) is 55.6 cm³/mol. The van der Waals surface area contributed by atoms with Gasteiger partial charge in [0.25, 0.3) is 0 Å². The van der Waals surface area contributed by atoms with Crippen LogP contribution in [0.4, 0.5) is 4.39 Å². The van der Waals surface area contributed by atoms with Crippen molar-refractivity contribution in [2.45, 2.75) is 26.1 Å². The zero-order valence-electron chi connectivity index (χ0n) is 7.59. The van der Waals surface area contributed by atoms with Crippen molar-refractivity contribution in [1.82, 2.24) is 0 Å². The number of carbonyl (C=O) groups excluding carboxylic acids is 1. The van der Waals surface area contributed by atoms with Gasteiger partial charge in [0.1, 0.15) is 6.42 Å². The van der Waals surface area contributed by atoms with Crippen LogP contribution in [0.5, 0.6) is 0 Å². The van der Waals surface area contributed by atoms with Crippen LogP contribution in [0.15, 0.2) is 0 Å². The largest absolute Gasteiger partial charge is 0.466 e. The predicted octanol–water partition coefficient (Wildman–Crippen LogP) is 2.08. The Bertz CT molecular complexity index is 143. The van der Waals surface area contributed by atoms with Crippen molar-refractivity contribution in [3.8, 4) is 0 Å². The minimum absolute atomic E-state index is 0.277. The van der Waals surface area contributed by atoms with Gasteiger partial charge in [0.15, 0.2) is 0 Å². The summed E-state index contributed by atoms with van der Waals surface area (Å²) in [5.74, 6) is -0.551. The maximum absolute atomic E-state index is 12.8. The molecule has 1 atom stereocenters. The van der Waals surface area contributed by atoms with Crippen molar-refractivity contribution in [2.24, 2.45) is 0 Å². The number of halogens is 2. The molecule has 0 heterocycles. The van der Waals surface area contributed by atoms with E-state index >= 15 is 0 Å². The number of rotatable bonds is 7. The first kappa shape index (κ1) is 13.1. The van der Waals surface area contributed by atoms with E-state index in [0.29, 0.717) is 6.61 Å². The Morgan fingerprint density at radius 3 is 2.85 bits per heavy atom. The summed E-state index contributed by atoms with van der Waals surface area (Å²) in [6.07, 6.45) is -1.04. The first-order valence-electron chi connectivity index (χ1n) is 4.18. The van der Waals surface area contributed by atoms with E-state index in [1.165, 1.54) is 0 Å². The van der Waals surface area contributed by atoms with Crippen LogP contribution in [-0.4, -0.2) is 30.0 Å². The molecule has 0 spiro atoms. The second-order valence-electron chi connectivity index (χ2n) is 2.33. The highest BCUT2D eigenvalue weighted by molar-refractivity contribution is 14.1. The molecule has 0 amide bonds. The first-order valence-corrected chi connectivity index (χ1v) is 5.70. The number of esters is 1. The fourth-order valence-electron chi connectivity index (χ4n) is 0.676. The van der Waals surface area contributed by atoms with Gasteiger partial charge in [-0.2, -0.15) is 0 Å².